The second-order valence-electron chi connectivity index (χ2n) is 15.4. The zero-order valence-corrected chi connectivity index (χ0v) is 31.7. The van der Waals surface area contributed by atoms with Gasteiger partial charge in [0.1, 0.15) is 33.5 Å². The van der Waals surface area contributed by atoms with Crippen LogP contribution in [0.3, 0.4) is 0 Å². The highest BCUT2D eigenvalue weighted by Crippen LogP contribution is 2.51. The average molecular weight is 753 g/mol. The summed E-state index contributed by atoms with van der Waals surface area (Å²) in [5.74, 6) is 0. The molecule has 0 spiro atoms. The Bertz CT molecular complexity index is 3780. The maximum Gasteiger partial charge on any atom is 0.143 e. The Morgan fingerprint density at radius 2 is 0.610 bits per heavy atom. The fourth-order valence-corrected chi connectivity index (χ4v) is 9.81. The molecule has 0 radical (unpaired) electrons. The van der Waals surface area contributed by atoms with Gasteiger partial charge in [-0.05, 0) is 74.1 Å². The van der Waals surface area contributed by atoms with Crippen molar-refractivity contribution in [2.24, 2.45) is 0 Å². The van der Waals surface area contributed by atoms with Gasteiger partial charge in [0, 0.05) is 54.6 Å². The van der Waals surface area contributed by atoms with Gasteiger partial charge in [0.2, 0.25) is 0 Å². The molecule has 0 N–H and O–H groups in total. The predicted octanol–water partition coefficient (Wildman–Crippen LogP) is 16.4. The van der Waals surface area contributed by atoms with Crippen LogP contribution in [0, 0.1) is 0 Å². The summed E-state index contributed by atoms with van der Waals surface area (Å²) < 4.78 is 20.5. The highest BCUT2D eigenvalue weighted by atomic mass is 16.3. The first kappa shape index (κ1) is 32.2. The molecule has 0 aliphatic rings. The van der Waals surface area contributed by atoms with Crippen LogP contribution >= 0.6 is 0 Å². The first-order valence-corrected chi connectivity index (χ1v) is 20.1. The molecule has 0 aliphatic heterocycles. The SMILES string of the molecule is c1ccc(-c2c3ccccc3c(-c3ccc(-c4ccc(-c5cccc6c5oc5ccccc56)c5c4oc4ccccc45)c4c3oc3ccccc34)c3ccccc23)cc1. The molecule has 0 unspecified atom stereocenters. The predicted molar refractivity (Wildman–Crippen MR) is 245 cm³/mol. The number of furan rings is 3. The highest BCUT2D eigenvalue weighted by Gasteiger charge is 2.25. The molecule has 0 saturated carbocycles. The summed E-state index contributed by atoms with van der Waals surface area (Å²) in [6.45, 7) is 0. The van der Waals surface area contributed by atoms with E-state index in [1.54, 1.807) is 0 Å². The van der Waals surface area contributed by atoms with Gasteiger partial charge in [-0.25, -0.2) is 0 Å². The van der Waals surface area contributed by atoms with Crippen molar-refractivity contribution < 1.29 is 13.3 Å². The van der Waals surface area contributed by atoms with Crippen molar-refractivity contribution in [2.75, 3.05) is 0 Å². The molecular weight excluding hydrogens is 721 g/mol. The van der Waals surface area contributed by atoms with Gasteiger partial charge >= 0.3 is 0 Å². The van der Waals surface area contributed by atoms with Gasteiger partial charge in [-0.3, -0.25) is 0 Å². The van der Waals surface area contributed by atoms with Gasteiger partial charge in [0.15, 0.2) is 0 Å². The molecule has 13 rings (SSSR count). The minimum atomic E-state index is 0.833. The molecule has 13 aromatic rings. The van der Waals surface area contributed by atoms with Crippen LogP contribution in [0.5, 0.6) is 0 Å². The molecule has 10 aromatic carbocycles. The Morgan fingerprint density at radius 1 is 0.220 bits per heavy atom. The Kier molecular flexibility index (Phi) is 6.72. The molecule has 0 amide bonds. The van der Waals surface area contributed by atoms with E-state index >= 15 is 0 Å². The van der Waals surface area contributed by atoms with Gasteiger partial charge in [0.05, 0.1) is 0 Å². The molecule has 0 aliphatic carbocycles. The van der Waals surface area contributed by atoms with E-state index in [0.29, 0.717) is 0 Å². The first-order chi connectivity index (χ1) is 29.3. The zero-order chi connectivity index (χ0) is 38.6. The van der Waals surface area contributed by atoms with Crippen LogP contribution in [0.25, 0.3) is 132 Å². The molecular formula is C56H32O3. The van der Waals surface area contributed by atoms with E-state index in [1.165, 1.54) is 32.7 Å². The van der Waals surface area contributed by atoms with E-state index in [4.69, 9.17) is 13.3 Å². The van der Waals surface area contributed by atoms with E-state index in [0.717, 1.165) is 99.2 Å². The zero-order valence-electron chi connectivity index (χ0n) is 31.7. The number of rotatable bonds is 4. The number of hydrogen-bond donors (Lipinski definition) is 0. The molecule has 274 valence electrons. The third kappa shape index (κ3) is 4.58. The topological polar surface area (TPSA) is 39.4 Å². The molecule has 3 aromatic heterocycles. The number of benzene rings is 10. The van der Waals surface area contributed by atoms with Crippen molar-refractivity contribution in [2.45, 2.75) is 0 Å². The van der Waals surface area contributed by atoms with Gasteiger partial charge in [-0.15, -0.1) is 0 Å². The molecule has 0 atom stereocenters. The van der Waals surface area contributed by atoms with Crippen LogP contribution in [0.15, 0.2) is 207 Å². The van der Waals surface area contributed by atoms with Crippen LogP contribution in [-0.4, -0.2) is 0 Å². The summed E-state index contributed by atoms with van der Waals surface area (Å²) >= 11 is 0. The monoisotopic (exact) mass is 752 g/mol. The molecule has 59 heavy (non-hydrogen) atoms. The summed E-state index contributed by atoms with van der Waals surface area (Å²) in [6.07, 6.45) is 0. The van der Waals surface area contributed by atoms with E-state index in [2.05, 4.69) is 176 Å². The second-order valence-corrected chi connectivity index (χ2v) is 15.4. The normalized spacial score (nSPS) is 12.1. The lowest BCUT2D eigenvalue weighted by Gasteiger charge is -2.18. The Hall–Kier alpha value is -7.88. The smallest absolute Gasteiger partial charge is 0.143 e. The van der Waals surface area contributed by atoms with Crippen molar-refractivity contribution in [1.29, 1.82) is 0 Å². The van der Waals surface area contributed by atoms with E-state index < -0.39 is 0 Å². The largest absolute Gasteiger partial charge is 0.455 e. The molecule has 0 saturated heterocycles. The maximum absolute atomic E-state index is 7.01. The molecule has 3 heterocycles. The van der Waals surface area contributed by atoms with Gasteiger partial charge < -0.3 is 13.3 Å². The first-order valence-electron chi connectivity index (χ1n) is 20.1. The summed E-state index contributed by atoms with van der Waals surface area (Å²) in [7, 11) is 0. The quantitative estimate of drug-likeness (QED) is 0.168. The third-order valence-corrected chi connectivity index (χ3v) is 12.3. The van der Waals surface area contributed by atoms with Crippen molar-refractivity contribution in [1.82, 2.24) is 0 Å². The second kappa shape index (κ2) is 12.3. The molecule has 0 fully saturated rings. The standard InChI is InChI=1S/C56H32O3/c1-2-15-33(16-3-1)50-35-18-4-6-20-37(35)51(38-21-7-5-19-36(38)50)46-32-30-40(53-45-23-10-13-28-49(45)59-56(46)53)43-31-29-39(52-44-22-9-12-27-48(44)58-55(43)52)42-25-14-24-41-34-17-8-11-26-47(34)57-54(41)42/h1-32H. The minimum Gasteiger partial charge on any atom is -0.455 e. The molecule has 3 heteroatoms. The van der Waals surface area contributed by atoms with E-state index in [9.17, 15) is 0 Å². The average Bonchev–Trinajstić information content (AvgIpc) is 4.00. The molecule has 0 bridgehead atoms. The van der Waals surface area contributed by atoms with Crippen molar-refractivity contribution in [3.8, 4) is 44.5 Å². The Balaban J connectivity index is 1.12. The summed E-state index contributed by atoms with van der Waals surface area (Å²) in [5.41, 5.74) is 14.0. The summed E-state index contributed by atoms with van der Waals surface area (Å²) in [4.78, 5) is 0. The van der Waals surface area contributed by atoms with Crippen LogP contribution < -0.4 is 0 Å². The molecule has 3 nitrogen and oxygen atoms in total. The Morgan fingerprint density at radius 3 is 1.20 bits per heavy atom. The van der Waals surface area contributed by atoms with Crippen molar-refractivity contribution in [3.63, 3.8) is 0 Å². The minimum absolute atomic E-state index is 0.833. The van der Waals surface area contributed by atoms with Gasteiger partial charge in [-0.1, -0.05) is 164 Å². The van der Waals surface area contributed by atoms with Crippen LogP contribution in [0.1, 0.15) is 0 Å². The summed E-state index contributed by atoms with van der Waals surface area (Å²) in [5, 5.41) is 11.2. The third-order valence-electron chi connectivity index (χ3n) is 12.3. The summed E-state index contributed by atoms with van der Waals surface area (Å²) in [6, 6.07) is 68.8. The van der Waals surface area contributed by atoms with Crippen molar-refractivity contribution in [3.05, 3.63) is 194 Å². The van der Waals surface area contributed by atoms with E-state index in [1.807, 2.05) is 18.2 Å². The lowest BCUT2D eigenvalue weighted by Crippen LogP contribution is -1.92. The maximum atomic E-state index is 7.01. The van der Waals surface area contributed by atoms with Gasteiger partial charge in [-0.2, -0.15) is 0 Å². The highest BCUT2D eigenvalue weighted by molar-refractivity contribution is 6.27. The Labute approximate surface area is 337 Å². The van der Waals surface area contributed by atoms with Crippen LogP contribution in [0.4, 0.5) is 0 Å². The number of fused-ring (bicyclic) bond motifs is 11. The number of hydrogen-bond acceptors (Lipinski definition) is 3. The lowest BCUT2D eigenvalue weighted by atomic mass is 9.84. The lowest BCUT2D eigenvalue weighted by molar-refractivity contribution is 0.669. The van der Waals surface area contributed by atoms with Crippen molar-refractivity contribution >= 4 is 87.4 Å². The number of para-hydroxylation sites is 4. The van der Waals surface area contributed by atoms with Crippen LogP contribution in [-0.2, 0) is 0 Å². The fraction of sp³-hybridized carbons (Fsp3) is 0. The van der Waals surface area contributed by atoms with Gasteiger partial charge in [0.25, 0.3) is 0 Å². The van der Waals surface area contributed by atoms with Crippen LogP contribution in [0.2, 0.25) is 0 Å². The fourth-order valence-electron chi connectivity index (χ4n) is 9.81. The van der Waals surface area contributed by atoms with E-state index in [-0.39, 0.29) is 0 Å².